The van der Waals surface area contributed by atoms with Crippen molar-refractivity contribution >= 4 is 18.5 Å². The van der Waals surface area contributed by atoms with E-state index in [0.717, 1.165) is 19.3 Å². The summed E-state index contributed by atoms with van der Waals surface area (Å²) in [6.45, 7) is 8.68. The van der Waals surface area contributed by atoms with E-state index in [0.29, 0.717) is 25.9 Å². The van der Waals surface area contributed by atoms with E-state index in [2.05, 4.69) is 34.8 Å². The minimum Gasteiger partial charge on any atom is -0.355 e. The average Bonchev–Trinajstić information content (AvgIpc) is 2.63. The summed E-state index contributed by atoms with van der Waals surface area (Å²) >= 11 is 0. The second-order valence-corrected chi connectivity index (χ2v) is 6.80. The number of likely N-dealkylation sites (N-methyl/N-ethyl adjacent to an activating group) is 1. The van der Waals surface area contributed by atoms with E-state index in [9.17, 15) is 9.59 Å². The lowest BCUT2D eigenvalue weighted by Crippen LogP contribution is -2.46. The molecule has 0 aliphatic carbocycles. The highest BCUT2D eigenvalue weighted by Gasteiger charge is 2.19. The summed E-state index contributed by atoms with van der Waals surface area (Å²) in [5.74, 6) is -0.140. The molecule has 0 radical (unpaired) electrons. The molecule has 6 nitrogen and oxygen atoms in total. The highest BCUT2D eigenvalue weighted by atomic mass is 16.2. The van der Waals surface area contributed by atoms with Gasteiger partial charge in [0.05, 0.1) is 0 Å². The minimum atomic E-state index is -0.465. The van der Waals surface area contributed by atoms with Gasteiger partial charge in [0.2, 0.25) is 11.8 Å². The molecule has 0 aliphatic rings. The third-order valence-corrected chi connectivity index (χ3v) is 4.40. The van der Waals surface area contributed by atoms with E-state index in [4.69, 9.17) is 0 Å². The Hall–Kier alpha value is -1.59. The van der Waals surface area contributed by atoms with Gasteiger partial charge in [-0.25, -0.2) is 0 Å². The molecule has 0 aliphatic heterocycles. The van der Waals surface area contributed by atoms with E-state index in [1.807, 2.05) is 6.92 Å². The maximum atomic E-state index is 12.1. The molecule has 152 valence electrons. The fourth-order valence-corrected chi connectivity index (χ4v) is 2.89. The summed E-state index contributed by atoms with van der Waals surface area (Å²) in [7, 11) is 0. The quantitative estimate of drug-likeness (QED) is 0.197. The highest BCUT2D eigenvalue weighted by molar-refractivity contribution is 5.87. The van der Waals surface area contributed by atoms with Crippen molar-refractivity contribution in [2.24, 2.45) is 5.10 Å². The van der Waals surface area contributed by atoms with Crippen LogP contribution in [-0.2, 0) is 9.59 Å². The number of carbonyl (C=O) groups is 2. The topological polar surface area (TPSA) is 82.6 Å². The normalized spacial score (nSPS) is 11.6. The van der Waals surface area contributed by atoms with Gasteiger partial charge in [-0.1, -0.05) is 58.3 Å². The molecule has 0 spiro atoms. The number of amides is 2. The van der Waals surface area contributed by atoms with Crippen molar-refractivity contribution in [2.75, 3.05) is 13.1 Å². The molecule has 26 heavy (non-hydrogen) atoms. The van der Waals surface area contributed by atoms with Gasteiger partial charge in [-0.15, -0.1) is 0 Å². The largest absolute Gasteiger partial charge is 0.355 e. The van der Waals surface area contributed by atoms with Crippen molar-refractivity contribution in [3.63, 3.8) is 0 Å². The van der Waals surface area contributed by atoms with Crippen molar-refractivity contribution in [3.8, 4) is 0 Å². The van der Waals surface area contributed by atoms with Crippen LogP contribution in [0.4, 0.5) is 0 Å². The van der Waals surface area contributed by atoms with Crippen molar-refractivity contribution in [3.05, 3.63) is 0 Å². The molecule has 0 fully saturated rings. The Labute approximate surface area is 160 Å². The predicted octanol–water partition coefficient (Wildman–Crippen LogP) is 3.51. The Balaban J connectivity index is 3.89. The van der Waals surface area contributed by atoms with Crippen LogP contribution >= 0.6 is 0 Å². The molecule has 0 saturated carbocycles. The molecule has 2 amide bonds. The zero-order valence-electron chi connectivity index (χ0n) is 16.9. The number of nitrogens with zero attached hydrogens (tertiary/aromatic N) is 1. The molecule has 0 rings (SSSR count). The molecule has 0 heterocycles. The SMILES string of the molecule is C=NNCCCC(NC(=O)CCCCCCCCCCC)C(=O)NCC. The van der Waals surface area contributed by atoms with Crippen LogP contribution in [0.15, 0.2) is 5.10 Å². The van der Waals surface area contributed by atoms with Gasteiger partial charge < -0.3 is 16.1 Å². The van der Waals surface area contributed by atoms with Gasteiger partial charge in [0.25, 0.3) is 0 Å². The maximum Gasteiger partial charge on any atom is 0.242 e. The number of unbranched alkanes of at least 4 members (excludes halogenated alkanes) is 8. The van der Waals surface area contributed by atoms with E-state index in [-0.39, 0.29) is 11.8 Å². The Morgan fingerprint density at radius 2 is 1.54 bits per heavy atom. The van der Waals surface area contributed by atoms with Gasteiger partial charge in [0.15, 0.2) is 0 Å². The van der Waals surface area contributed by atoms with Crippen LogP contribution in [0, 0.1) is 0 Å². The first-order chi connectivity index (χ1) is 12.7. The molecule has 6 heteroatoms. The fourth-order valence-electron chi connectivity index (χ4n) is 2.89. The zero-order valence-corrected chi connectivity index (χ0v) is 16.9. The summed E-state index contributed by atoms with van der Waals surface area (Å²) in [5.41, 5.74) is 2.77. The number of hydrazone groups is 1. The van der Waals surface area contributed by atoms with Crippen LogP contribution in [-0.4, -0.2) is 37.7 Å². The molecule has 0 aromatic heterocycles. The van der Waals surface area contributed by atoms with Crippen LogP contribution in [0.25, 0.3) is 0 Å². The van der Waals surface area contributed by atoms with E-state index in [1.165, 1.54) is 44.9 Å². The average molecular weight is 369 g/mol. The third kappa shape index (κ3) is 14.7. The van der Waals surface area contributed by atoms with Crippen LogP contribution in [0.3, 0.4) is 0 Å². The highest BCUT2D eigenvalue weighted by Crippen LogP contribution is 2.10. The van der Waals surface area contributed by atoms with Gasteiger partial charge in [-0.05, 0) is 26.2 Å². The Morgan fingerprint density at radius 3 is 2.12 bits per heavy atom. The Morgan fingerprint density at radius 1 is 0.923 bits per heavy atom. The molecular weight excluding hydrogens is 328 g/mol. The molecule has 1 unspecified atom stereocenters. The molecule has 0 bridgehead atoms. The summed E-state index contributed by atoms with van der Waals surface area (Å²) < 4.78 is 0. The standard InChI is InChI=1S/C20H40N4O2/c1-4-6-7-8-9-10-11-12-13-16-19(25)24-18(20(26)22-5-2)15-14-17-23-21-3/h18,23H,3-17H2,1-2H3,(H,22,26)(H,24,25). The first-order valence-electron chi connectivity index (χ1n) is 10.4. The van der Waals surface area contributed by atoms with Crippen molar-refractivity contribution in [1.82, 2.24) is 16.1 Å². The first-order valence-corrected chi connectivity index (χ1v) is 10.4. The van der Waals surface area contributed by atoms with Gasteiger partial charge in [-0.2, -0.15) is 5.10 Å². The van der Waals surface area contributed by atoms with Gasteiger partial charge in [0.1, 0.15) is 6.04 Å². The van der Waals surface area contributed by atoms with Gasteiger partial charge in [-0.3, -0.25) is 9.59 Å². The van der Waals surface area contributed by atoms with Crippen molar-refractivity contribution in [1.29, 1.82) is 0 Å². The molecule has 1 atom stereocenters. The summed E-state index contributed by atoms with van der Waals surface area (Å²) in [6, 6.07) is -0.465. The van der Waals surface area contributed by atoms with E-state index in [1.54, 1.807) is 0 Å². The number of carbonyl (C=O) groups excluding carboxylic acids is 2. The number of nitrogens with one attached hydrogen (secondary N) is 3. The minimum absolute atomic E-state index is 0.0287. The lowest BCUT2D eigenvalue weighted by atomic mass is 10.1. The summed E-state index contributed by atoms with van der Waals surface area (Å²) in [6.07, 6.45) is 12.9. The molecule has 0 aromatic rings. The Bertz CT molecular complexity index is 375. The van der Waals surface area contributed by atoms with Crippen molar-refractivity contribution in [2.45, 2.75) is 96.9 Å². The van der Waals surface area contributed by atoms with Crippen LogP contribution in [0.5, 0.6) is 0 Å². The van der Waals surface area contributed by atoms with Crippen molar-refractivity contribution < 1.29 is 9.59 Å². The first kappa shape index (κ1) is 24.4. The smallest absolute Gasteiger partial charge is 0.242 e. The lowest BCUT2D eigenvalue weighted by Gasteiger charge is -2.18. The second-order valence-electron chi connectivity index (χ2n) is 6.80. The lowest BCUT2D eigenvalue weighted by molar-refractivity contribution is -0.129. The number of hydrogen-bond donors (Lipinski definition) is 3. The molecule has 0 aromatic carbocycles. The van der Waals surface area contributed by atoms with Crippen LogP contribution in [0.2, 0.25) is 0 Å². The molecule has 0 saturated heterocycles. The number of hydrogen-bond acceptors (Lipinski definition) is 4. The van der Waals surface area contributed by atoms with Gasteiger partial charge in [0, 0.05) is 26.2 Å². The van der Waals surface area contributed by atoms with E-state index >= 15 is 0 Å². The molecular formula is C20H40N4O2. The maximum absolute atomic E-state index is 12.1. The predicted molar refractivity (Wildman–Crippen MR) is 109 cm³/mol. The van der Waals surface area contributed by atoms with Crippen LogP contribution in [0.1, 0.15) is 90.9 Å². The fraction of sp³-hybridized carbons (Fsp3) is 0.850. The monoisotopic (exact) mass is 368 g/mol. The second kappa shape index (κ2) is 18.2. The van der Waals surface area contributed by atoms with Gasteiger partial charge >= 0.3 is 0 Å². The third-order valence-electron chi connectivity index (χ3n) is 4.40. The Kier molecular flexibility index (Phi) is 17.1. The van der Waals surface area contributed by atoms with Crippen LogP contribution < -0.4 is 16.1 Å². The molecule has 3 N–H and O–H groups in total. The summed E-state index contributed by atoms with van der Waals surface area (Å²) in [4.78, 5) is 24.2. The summed E-state index contributed by atoms with van der Waals surface area (Å²) in [5, 5.41) is 9.24. The number of rotatable bonds is 18. The zero-order chi connectivity index (χ0) is 19.5. The van der Waals surface area contributed by atoms with E-state index < -0.39 is 6.04 Å².